The molecule has 2 aromatic rings. The maximum atomic E-state index is 4.35. The minimum Gasteiger partial charge on any atom is -0.381 e. The summed E-state index contributed by atoms with van der Waals surface area (Å²) in [4.78, 5) is 4.35. The molecule has 4 heteroatoms. The zero-order valence-corrected chi connectivity index (χ0v) is 9.63. The lowest BCUT2D eigenvalue weighted by atomic mass is 10.1. The first-order valence-electron chi connectivity index (χ1n) is 5.38. The Hall–Kier alpha value is -1.55. The van der Waals surface area contributed by atoms with Gasteiger partial charge in [-0.05, 0) is 12.1 Å². The van der Waals surface area contributed by atoms with E-state index in [9.17, 15) is 0 Å². The van der Waals surface area contributed by atoms with Crippen LogP contribution in [0, 0.1) is 0 Å². The van der Waals surface area contributed by atoms with Crippen molar-refractivity contribution in [2.24, 2.45) is 0 Å². The van der Waals surface area contributed by atoms with Gasteiger partial charge in [0.15, 0.2) is 0 Å². The summed E-state index contributed by atoms with van der Waals surface area (Å²) in [7, 11) is 0. The van der Waals surface area contributed by atoms with Gasteiger partial charge in [-0.25, -0.2) is 0 Å². The van der Waals surface area contributed by atoms with Gasteiger partial charge in [-0.15, -0.1) is 11.3 Å². The van der Waals surface area contributed by atoms with Crippen LogP contribution in [-0.2, 0) is 6.42 Å². The van der Waals surface area contributed by atoms with Crippen LogP contribution >= 0.6 is 11.3 Å². The van der Waals surface area contributed by atoms with Gasteiger partial charge in [-0.1, -0.05) is 6.07 Å². The molecule has 1 unspecified atom stereocenters. The molecule has 3 heterocycles. The molecule has 2 N–H and O–H groups in total. The molecule has 0 bridgehead atoms. The van der Waals surface area contributed by atoms with Crippen LogP contribution in [0.4, 0.5) is 11.4 Å². The fraction of sp³-hybridized carbons (Fsp3) is 0.250. The number of hydrogen-bond donors (Lipinski definition) is 2. The highest BCUT2D eigenvalue weighted by atomic mass is 32.1. The van der Waals surface area contributed by atoms with Crippen LogP contribution in [0.15, 0.2) is 35.2 Å². The highest BCUT2D eigenvalue weighted by Crippen LogP contribution is 2.30. The van der Waals surface area contributed by atoms with Crippen molar-refractivity contribution < 1.29 is 0 Å². The molecular weight excluding hydrogens is 218 g/mol. The fourth-order valence-corrected chi connectivity index (χ4v) is 2.69. The number of pyridine rings is 1. The number of nitrogens with zero attached hydrogens (tertiary/aromatic N) is 1. The molecule has 0 saturated carbocycles. The van der Waals surface area contributed by atoms with Gasteiger partial charge in [-0.2, -0.15) is 0 Å². The smallest absolute Gasteiger partial charge is 0.0687 e. The largest absolute Gasteiger partial charge is 0.381 e. The third-order valence-electron chi connectivity index (χ3n) is 2.74. The van der Waals surface area contributed by atoms with E-state index in [1.807, 2.05) is 18.3 Å². The van der Waals surface area contributed by atoms with E-state index in [0.29, 0.717) is 6.04 Å². The van der Waals surface area contributed by atoms with Crippen molar-refractivity contribution in [1.82, 2.24) is 4.98 Å². The Labute approximate surface area is 98.5 Å². The minimum absolute atomic E-state index is 0.428. The Bertz CT molecular complexity index is 466. The molecule has 2 aromatic heterocycles. The SMILES string of the molecule is c1ccc(CC2CNc3cscc3N2)nc1. The lowest BCUT2D eigenvalue weighted by molar-refractivity contribution is 0.721. The number of thiophene rings is 1. The van der Waals surface area contributed by atoms with Crippen molar-refractivity contribution in [1.29, 1.82) is 0 Å². The quantitative estimate of drug-likeness (QED) is 0.834. The van der Waals surface area contributed by atoms with Crippen LogP contribution in [0.2, 0.25) is 0 Å². The second kappa shape index (κ2) is 4.14. The standard InChI is InChI=1S/C12H13N3S/c1-2-4-13-9(3-1)5-10-6-14-11-7-16-8-12(11)15-10/h1-4,7-8,10,14-15H,5-6H2. The first-order valence-corrected chi connectivity index (χ1v) is 6.32. The third kappa shape index (κ3) is 1.88. The molecule has 1 aliphatic rings. The molecule has 0 amide bonds. The summed E-state index contributed by atoms with van der Waals surface area (Å²) in [5.41, 5.74) is 3.58. The normalized spacial score (nSPS) is 18.4. The molecule has 0 radical (unpaired) electrons. The fourth-order valence-electron chi connectivity index (χ4n) is 1.94. The number of anilines is 2. The van der Waals surface area contributed by atoms with E-state index in [-0.39, 0.29) is 0 Å². The average Bonchev–Trinajstić information content (AvgIpc) is 2.77. The molecule has 0 spiro atoms. The van der Waals surface area contributed by atoms with E-state index in [0.717, 1.165) is 18.7 Å². The van der Waals surface area contributed by atoms with Gasteiger partial charge in [0.25, 0.3) is 0 Å². The highest BCUT2D eigenvalue weighted by Gasteiger charge is 2.17. The van der Waals surface area contributed by atoms with E-state index in [1.54, 1.807) is 11.3 Å². The van der Waals surface area contributed by atoms with Crippen LogP contribution in [0.3, 0.4) is 0 Å². The van der Waals surface area contributed by atoms with E-state index in [2.05, 4.69) is 32.4 Å². The molecular formula is C12H13N3S. The van der Waals surface area contributed by atoms with Crippen molar-refractivity contribution in [3.8, 4) is 0 Å². The summed E-state index contributed by atoms with van der Waals surface area (Å²) in [6.45, 7) is 0.959. The number of fused-ring (bicyclic) bond motifs is 1. The Morgan fingerprint density at radius 3 is 3.12 bits per heavy atom. The van der Waals surface area contributed by atoms with Crippen molar-refractivity contribution in [2.45, 2.75) is 12.5 Å². The molecule has 3 nitrogen and oxygen atoms in total. The molecule has 0 aromatic carbocycles. The predicted molar refractivity (Wildman–Crippen MR) is 68.2 cm³/mol. The van der Waals surface area contributed by atoms with Gasteiger partial charge in [-0.3, -0.25) is 4.98 Å². The number of nitrogens with one attached hydrogen (secondary N) is 2. The van der Waals surface area contributed by atoms with Crippen molar-refractivity contribution in [3.05, 3.63) is 40.8 Å². The van der Waals surface area contributed by atoms with E-state index >= 15 is 0 Å². The monoisotopic (exact) mass is 231 g/mol. The van der Waals surface area contributed by atoms with Crippen LogP contribution in [0.5, 0.6) is 0 Å². The molecule has 0 saturated heterocycles. The first-order chi connectivity index (χ1) is 7.92. The number of rotatable bonds is 2. The van der Waals surface area contributed by atoms with Crippen molar-refractivity contribution in [2.75, 3.05) is 17.2 Å². The topological polar surface area (TPSA) is 37.0 Å². The van der Waals surface area contributed by atoms with E-state index in [4.69, 9.17) is 0 Å². The van der Waals surface area contributed by atoms with Crippen molar-refractivity contribution >= 4 is 22.7 Å². The zero-order chi connectivity index (χ0) is 10.8. The Morgan fingerprint density at radius 1 is 1.31 bits per heavy atom. The minimum atomic E-state index is 0.428. The van der Waals surface area contributed by atoms with Crippen LogP contribution in [0.1, 0.15) is 5.69 Å². The van der Waals surface area contributed by atoms with Crippen LogP contribution in [-0.4, -0.2) is 17.6 Å². The molecule has 16 heavy (non-hydrogen) atoms. The second-order valence-electron chi connectivity index (χ2n) is 3.95. The summed E-state index contributed by atoms with van der Waals surface area (Å²) in [5, 5.41) is 11.3. The van der Waals surface area contributed by atoms with E-state index < -0.39 is 0 Å². The first kappa shape index (κ1) is 9.66. The van der Waals surface area contributed by atoms with Gasteiger partial charge < -0.3 is 10.6 Å². The lowest BCUT2D eigenvalue weighted by Crippen LogP contribution is -2.34. The van der Waals surface area contributed by atoms with Gasteiger partial charge in [0.2, 0.25) is 0 Å². The summed E-state index contributed by atoms with van der Waals surface area (Å²) in [6.07, 6.45) is 2.81. The predicted octanol–water partition coefficient (Wildman–Crippen LogP) is 2.59. The molecule has 0 aliphatic carbocycles. The molecule has 82 valence electrons. The summed E-state index contributed by atoms with van der Waals surface area (Å²) in [6, 6.07) is 6.49. The molecule has 0 fully saturated rings. The Morgan fingerprint density at radius 2 is 2.25 bits per heavy atom. The third-order valence-corrected chi connectivity index (χ3v) is 3.49. The summed E-state index contributed by atoms with van der Waals surface area (Å²) < 4.78 is 0. The van der Waals surface area contributed by atoms with Gasteiger partial charge in [0.05, 0.1) is 11.4 Å². The molecule has 1 atom stereocenters. The maximum Gasteiger partial charge on any atom is 0.0687 e. The maximum absolute atomic E-state index is 4.35. The highest BCUT2D eigenvalue weighted by molar-refractivity contribution is 7.09. The van der Waals surface area contributed by atoms with Crippen LogP contribution < -0.4 is 10.6 Å². The van der Waals surface area contributed by atoms with Crippen molar-refractivity contribution in [3.63, 3.8) is 0 Å². The van der Waals surface area contributed by atoms with Gasteiger partial charge in [0.1, 0.15) is 0 Å². The second-order valence-corrected chi connectivity index (χ2v) is 4.69. The van der Waals surface area contributed by atoms with E-state index in [1.165, 1.54) is 11.4 Å². The number of aromatic nitrogens is 1. The molecule has 1 aliphatic heterocycles. The summed E-state index contributed by atoms with van der Waals surface area (Å²) >= 11 is 1.72. The number of hydrogen-bond acceptors (Lipinski definition) is 4. The molecule has 3 rings (SSSR count). The Balaban J connectivity index is 1.71. The lowest BCUT2D eigenvalue weighted by Gasteiger charge is -2.26. The summed E-state index contributed by atoms with van der Waals surface area (Å²) in [5.74, 6) is 0. The zero-order valence-electron chi connectivity index (χ0n) is 8.81. The Kier molecular flexibility index (Phi) is 2.50. The van der Waals surface area contributed by atoms with Gasteiger partial charge >= 0.3 is 0 Å². The van der Waals surface area contributed by atoms with Crippen LogP contribution in [0.25, 0.3) is 0 Å². The average molecular weight is 231 g/mol. The van der Waals surface area contributed by atoms with Gasteiger partial charge in [0, 0.05) is 41.7 Å².